The van der Waals surface area contributed by atoms with Gasteiger partial charge in [-0.15, -0.1) is 0 Å². The van der Waals surface area contributed by atoms with Crippen molar-refractivity contribution >= 4 is 28.4 Å². The molecule has 0 unspecified atom stereocenters. The Morgan fingerprint density at radius 3 is 2.89 bits per heavy atom. The monoisotopic (exact) mass is 371 g/mol. The second-order valence-electron chi connectivity index (χ2n) is 7.33. The van der Waals surface area contributed by atoms with Crippen LogP contribution in [0.2, 0.25) is 0 Å². The van der Waals surface area contributed by atoms with Gasteiger partial charge in [0.25, 0.3) is 0 Å². The first-order valence-corrected chi connectivity index (χ1v) is 9.87. The van der Waals surface area contributed by atoms with Crippen LogP contribution in [0.25, 0.3) is 17.0 Å². The molecule has 142 valence electrons. The molecule has 2 aromatic heterocycles. The van der Waals surface area contributed by atoms with Crippen LogP contribution in [-0.4, -0.2) is 34.5 Å². The van der Waals surface area contributed by atoms with Crippen LogP contribution in [-0.2, 0) is 0 Å². The summed E-state index contributed by atoms with van der Waals surface area (Å²) in [5.74, 6) is 0. The normalized spacial score (nSPS) is 15.1. The van der Waals surface area contributed by atoms with E-state index in [2.05, 4.69) is 63.5 Å². The minimum absolute atomic E-state index is 0.550. The molecule has 0 bridgehead atoms. The van der Waals surface area contributed by atoms with Gasteiger partial charge in [-0.3, -0.25) is 9.88 Å². The summed E-state index contributed by atoms with van der Waals surface area (Å²) < 4.78 is 0. The molecular formula is C23H25N5. The van der Waals surface area contributed by atoms with Gasteiger partial charge >= 0.3 is 0 Å². The number of piperidine rings is 1. The van der Waals surface area contributed by atoms with Crippen LogP contribution in [0.1, 0.15) is 36.0 Å². The summed E-state index contributed by atoms with van der Waals surface area (Å²) in [5.41, 5.74) is 5.56. The van der Waals surface area contributed by atoms with Gasteiger partial charge in [0.1, 0.15) is 6.07 Å². The number of fused-ring (bicyclic) bond motifs is 1. The number of nitrogens with zero attached hydrogens (tertiary/aromatic N) is 3. The third-order valence-electron chi connectivity index (χ3n) is 5.47. The lowest BCUT2D eigenvalue weighted by Crippen LogP contribution is -2.29. The first-order valence-electron chi connectivity index (χ1n) is 9.87. The Kier molecular flexibility index (Phi) is 5.41. The van der Waals surface area contributed by atoms with E-state index >= 15 is 0 Å². The number of aromatic nitrogens is 2. The van der Waals surface area contributed by atoms with Gasteiger partial charge in [0, 0.05) is 47.3 Å². The summed E-state index contributed by atoms with van der Waals surface area (Å²) in [5, 5.41) is 14.3. The molecule has 1 saturated heterocycles. The standard InChI is InChI=1S/C23H25N5/c1-17-20-9-10-26-22(20)8-7-21(17)27-23-18(15-25-16-19(23)14-24)6-5-13-28-11-3-2-4-12-28/h5-10,15-16,26H,2-4,11-13H2,1H3,(H,25,27). The molecule has 0 spiro atoms. The molecular weight excluding hydrogens is 346 g/mol. The maximum Gasteiger partial charge on any atom is 0.103 e. The lowest BCUT2D eigenvalue weighted by atomic mass is 10.1. The number of hydrogen-bond acceptors (Lipinski definition) is 4. The number of pyridine rings is 1. The number of H-pyrrole nitrogens is 1. The van der Waals surface area contributed by atoms with Crippen molar-refractivity contribution in [2.24, 2.45) is 0 Å². The average Bonchev–Trinajstić information content (AvgIpc) is 3.21. The third kappa shape index (κ3) is 3.78. The molecule has 3 heterocycles. The number of aryl methyl sites for hydroxylation is 1. The van der Waals surface area contributed by atoms with Gasteiger partial charge in [0.2, 0.25) is 0 Å². The summed E-state index contributed by atoms with van der Waals surface area (Å²) in [6.07, 6.45) is 13.6. The Bertz CT molecular complexity index is 1030. The number of nitriles is 1. The van der Waals surface area contributed by atoms with E-state index in [1.807, 2.05) is 12.4 Å². The van der Waals surface area contributed by atoms with Gasteiger partial charge in [-0.05, 0) is 56.6 Å². The first kappa shape index (κ1) is 18.3. The zero-order valence-corrected chi connectivity index (χ0v) is 16.2. The smallest absolute Gasteiger partial charge is 0.103 e. The van der Waals surface area contributed by atoms with E-state index < -0.39 is 0 Å². The molecule has 2 N–H and O–H groups in total. The van der Waals surface area contributed by atoms with Gasteiger partial charge < -0.3 is 10.3 Å². The molecule has 28 heavy (non-hydrogen) atoms. The second kappa shape index (κ2) is 8.28. The number of hydrogen-bond donors (Lipinski definition) is 2. The zero-order chi connectivity index (χ0) is 19.3. The highest BCUT2D eigenvalue weighted by molar-refractivity contribution is 5.89. The predicted octanol–water partition coefficient (Wildman–Crippen LogP) is 4.99. The van der Waals surface area contributed by atoms with E-state index in [0.29, 0.717) is 5.56 Å². The highest BCUT2D eigenvalue weighted by atomic mass is 15.1. The first-order chi connectivity index (χ1) is 13.8. The fraction of sp³-hybridized carbons (Fsp3) is 0.304. The summed E-state index contributed by atoms with van der Waals surface area (Å²) in [4.78, 5) is 9.96. The van der Waals surface area contributed by atoms with Crippen molar-refractivity contribution in [1.29, 1.82) is 5.26 Å². The number of nitrogens with one attached hydrogen (secondary N) is 2. The molecule has 0 amide bonds. The van der Waals surface area contributed by atoms with Crippen molar-refractivity contribution in [3.05, 3.63) is 59.6 Å². The number of rotatable bonds is 5. The van der Waals surface area contributed by atoms with Crippen molar-refractivity contribution in [2.45, 2.75) is 26.2 Å². The Hall–Kier alpha value is -3.10. The molecule has 3 aromatic rings. The Labute approximate surface area is 165 Å². The fourth-order valence-electron chi connectivity index (χ4n) is 3.85. The van der Waals surface area contributed by atoms with Gasteiger partial charge in [-0.1, -0.05) is 18.6 Å². The van der Waals surface area contributed by atoms with Crippen LogP contribution < -0.4 is 5.32 Å². The zero-order valence-electron chi connectivity index (χ0n) is 16.2. The van der Waals surface area contributed by atoms with Crippen molar-refractivity contribution in [3.8, 4) is 6.07 Å². The molecule has 1 aliphatic rings. The van der Waals surface area contributed by atoms with Crippen molar-refractivity contribution in [2.75, 3.05) is 25.0 Å². The number of likely N-dealkylation sites (tertiary alicyclic amines) is 1. The van der Waals surface area contributed by atoms with Crippen LogP contribution in [0.3, 0.4) is 0 Å². The second-order valence-corrected chi connectivity index (χ2v) is 7.33. The minimum atomic E-state index is 0.550. The number of aromatic amines is 1. The molecule has 4 rings (SSSR count). The van der Waals surface area contributed by atoms with Crippen LogP contribution in [0.15, 0.2) is 42.9 Å². The molecule has 1 aliphatic heterocycles. The van der Waals surface area contributed by atoms with Crippen molar-refractivity contribution < 1.29 is 0 Å². The maximum absolute atomic E-state index is 9.59. The molecule has 0 radical (unpaired) electrons. The Balaban J connectivity index is 1.61. The SMILES string of the molecule is Cc1c(Nc2c(C#N)cncc2C=CCN2CCCCC2)ccc2[nH]ccc12. The lowest BCUT2D eigenvalue weighted by Gasteiger charge is -2.24. The fourth-order valence-corrected chi connectivity index (χ4v) is 3.85. The van der Waals surface area contributed by atoms with E-state index in [0.717, 1.165) is 34.6 Å². The van der Waals surface area contributed by atoms with E-state index in [4.69, 9.17) is 0 Å². The summed E-state index contributed by atoms with van der Waals surface area (Å²) in [6.45, 7) is 5.37. The van der Waals surface area contributed by atoms with E-state index in [1.54, 1.807) is 6.20 Å². The Morgan fingerprint density at radius 1 is 1.21 bits per heavy atom. The molecule has 5 heteroatoms. The highest BCUT2D eigenvalue weighted by Gasteiger charge is 2.12. The third-order valence-corrected chi connectivity index (χ3v) is 5.47. The molecule has 0 atom stereocenters. The number of anilines is 2. The largest absolute Gasteiger partial charge is 0.361 e. The van der Waals surface area contributed by atoms with E-state index in [9.17, 15) is 5.26 Å². The van der Waals surface area contributed by atoms with Crippen LogP contribution in [0.5, 0.6) is 0 Å². The van der Waals surface area contributed by atoms with E-state index in [1.165, 1.54) is 37.7 Å². The number of benzene rings is 1. The van der Waals surface area contributed by atoms with Gasteiger partial charge in [0.05, 0.1) is 11.3 Å². The maximum atomic E-state index is 9.59. The summed E-state index contributed by atoms with van der Waals surface area (Å²) in [6, 6.07) is 8.46. The van der Waals surface area contributed by atoms with Crippen LogP contribution in [0, 0.1) is 18.3 Å². The minimum Gasteiger partial charge on any atom is -0.361 e. The highest BCUT2D eigenvalue weighted by Crippen LogP contribution is 2.30. The van der Waals surface area contributed by atoms with E-state index in [-0.39, 0.29) is 0 Å². The van der Waals surface area contributed by atoms with Crippen LogP contribution >= 0.6 is 0 Å². The van der Waals surface area contributed by atoms with Gasteiger partial charge in [0.15, 0.2) is 0 Å². The quantitative estimate of drug-likeness (QED) is 0.663. The molecule has 1 fully saturated rings. The van der Waals surface area contributed by atoms with Gasteiger partial charge in [-0.25, -0.2) is 0 Å². The summed E-state index contributed by atoms with van der Waals surface area (Å²) >= 11 is 0. The average molecular weight is 371 g/mol. The predicted molar refractivity (Wildman–Crippen MR) is 115 cm³/mol. The van der Waals surface area contributed by atoms with Crippen LogP contribution in [0.4, 0.5) is 11.4 Å². The van der Waals surface area contributed by atoms with Gasteiger partial charge in [-0.2, -0.15) is 5.26 Å². The van der Waals surface area contributed by atoms with Crippen molar-refractivity contribution in [1.82, 2.24) is 14.9 Å². The van der Waals surface area contributed by atoms with Crippen molar-refractivity contribution in [3.63, 3.8) is 0 Å². The Morgan fingerprint density at radius 2 is 2.07 bits per heavy atom. The summed E-state index contributed by atoms with van der Waals surface area (Å²) in [7, 11) is 0. The topological polar surface area (TPSA) is 67.7 Å². The molecule has 0 aliphatic carbocycles. The molecule has 5 nitrogen and oxygen atoms in total. The molecule has 1 aromatic carbocycles. The molecule has 0 saturated carbocycles. The lowest BCUT2D eigenvalue weighted by molar-refractivity contribution is 0.252.